The van der Waals surface area contributed by atoms with E-state index in [0.29, 0.717) is 18.1 Å². The van der Waals surface area contributed by atoms with Gasteiger partial charge in [0.2, 0.25) is 0 Å². The number of nitrogens with one attached hydrogen (secondary N) is 1. The third-order valence-corrected chi connectivity index (χ3v) is 4.15. The number of aryl methyl sites for hydroxylation is 2. The predicted molar refractivity (Wildman–Crippen MR) is 103 cm³/mol. The zero-order valence-corrected chi connectivity index (χ0v) is 15.2. The standard InChI is InChI=1S/C21H22N4O/c1-15-9-10-16(2)18(11-15)24-20-12-19(22-14-23-20)21(26)25(3)13-17-7-5-4-6-8-17/h4-12,14H,13H2,1-3H3,(H,22,23,24). The number of rotatable bonds is 5. The van der Waals surface area contributed by atoms with E-state index in [1.807, 2.05) is 44.2 Å². The van der Waals surface area contributed by atoms with E-state index in [1.165, 1.54) is 6.33 Å². The van der Waals surface area contributed by atoms with Gasteiger partial charge in [-0.25, -0.2) is 9.97 Å². The van der Waals surface area contributed by atoms with E-state index in [-0.39, 0.29) is 5.91 Å². The van der Waals surface area contributed by atoms with E-state index in [0.717, 1.165) is 22.4 Å². The fourth-order valence-electron chi connectivity index (χ4n) is 2.68. The van der Waals surface area contributed by atoms with Crippen molar-refractivity contribution in [1.82, 2.24) is 14.9 Å². The van der Waals surface area contributed by atoms with Crippen LogP contribution in [0.15, 0.2) is 60.9 Å². The Morgan fingerprint density at radius 1 is 1.04 bits per heavy atom. The number of aromatic nitrogens is 2. The van der Waals surface area contributed by atoms with Gasteiger partial charge in [0, 0.05) is 25.3 Å². The summed E-state index contributed by atoms with van der Waals surface area (Å²) in [6, 6.07) is 17.7. The number of benzene rings is 2. The molecule has 0 aliphatic rings. The van der Waals surface area contributed by atoms with Gasteiger partial charge in [0.1, 0.15) is 17.8 Å². The Morgan fingerprint density at radius 2 is 1.81 bits per heavy atom. The van der Waals surface area contributed by atoms with Gasteiger partial charge in [0.25, 0.3) is 5.91 Å². The molecule has 0 aliphatic heterocycles. The minimum Gasteiger partial charge on any atom is -0.340 e. The smallest absolute Gasteiger partial charge is 0.272 e. The number of hydrogen-bond acceptors (Lipinski definition) is 4. The highest BCUT2D eigenvalue weighted by Crippen LogP contribution is 2.21. The Morgan fingerprint density at radius 3 is 2.58 bits per heavy atom. The van der Waals surface area contributed by atoms with Crippen LogP contribution in [-0.2, 0) is 6.54 Å². The van der Waals surface area contributed by atoms with Crippen molar-refractivity contribution in [3.8, 4) is 0 Å². The van der Waals surface area contributed by atoms with Crippen LogP contribution in [0.2, 0.25) is 0 Å². The lowest BCUT2D eigenvalue weighted by molar-refractivity contribution is 0.0779. The van der Waals surface area contributed by atoms with Crippen LogP contribution in [0.1, 0.15) is 27.2 Å². The Balaban J connectivity index is 1.76. The lowest BCUT2D eigenvalue weighted by atomic mass is 10.1. The highest BCUT2D eigenvalue weighted by molar-refractivity contribution is 5.92. The highest BCUT2D eigenvalue weighted by Gasteiger charge is 2.14. The molecule has 1 heterocycles. The van der Waals surface area contributed by atoms with Crippen molar-refractivity contribution in [1.29, 1.82) is 0 Å². The van der Waals surface area contributed by atoms with Crippen LogP contribution in [0, 0.1) is 13.8 Å². The third-order valence-electron chi connectivity index (χ3n) is 4.15. The second-order valence-corrected chi connectivity index (χ2v) is 6.38. The normalized spacial score (nSPS) is 10.4. The molecule has 5 nitrogen and oxygen atoms in total. The number of carbonyl (C=O) groups is 1. The van der Waals surface area contributed by atoms with Crippen LogP contribution in [0.5, 0.6) is 0 Å². The lowest BCUT2D eigenvalue weighted by Crippen LogP contribution is -2.27. The molecule has 0 bridgehead atoms. The van der Waals surface area contributed by atoms with E-state index in [9.17, 15) is 4.79 Å². The van der Waals surface area contributed by atoms with Crippen LogP contribution in [0.3, 0.4) is 0 Å². The van der Waals surface area contributed by atoms with Gasteiger partial charge in [-0.05, 0) is 36.6 Å². The fourth-order valence-corrected chi connectivity index (χ4v) is 2.68. The first-order valence-electron chi connectivity index (χ1n) is 8.48. The summed E-state index contributed by atoms with van der Waals surface area (Å²) in [5.74, 6) is 0.463. The van der Waals surface area contributed by atoms with Gasteiger partial charge < -0.3 is 10.2 Å². The van der Waals surface area contributed by atoms with E-state index in [2.05, 4.69) is 33.5 Å². The lowest BCUT2D eigenvalue weighted by Gasteiger charge is -2.17. The average Bonchev–Trinajstić information content (AvgIpc) is 2.65. The molecule has 0 fully saturated rings. The molecule has 3 rings (SSSR count). The Kier molecular flexibility index (Phi) is 5.27. The van der Waals surface area contributed by atoms with Crippen molar-refractivity contribution in [2.24, 2.45) is 0 Å². The summed E-state index contributed by atoms with van der Waals surface area (Å²) in [6.07, 6.45) is 1.41. The second-order valence-electron chi connectivity index (χ2n) is 6.38. The van der Waals surface area contributed by atoms with Crippen LogP contribution in [0.25, 0.3) is 0 Å². The number of nitrogens with zero attached hydrogens (tertiary/aromatic N) is 3. The molecule has 2 aromatic carbocycles. The summed E-state index contributed by atoms with van der Waals surface area (Å²) in [7, 11) is 1.77. The molecule has 26 heavy (non-hydrogen) atoms. The number of amides is 1. The first kappa shape index (κ1) is 17.6. The van der Waals surface area contributed by atoms with Crippen molar-refractivity contribution in [3.05, 3.63) is 83.3 Å². The third kappa shape index (κ3) is 4.25. The summed E-state index contributed by atoms with van der Waals surface area (Å²) in [5, 5.41) is 3.28. The summed E-state index contributed by atoms with van der Waals surface area (Å²) in [5.41, 5.74) is 4.69. The molecule has 0 spiro atoms. The molecule has 132 valence electrons. The molecule has 1 aromatic heterocycles. The minimum absolute atomic E-state index is 0.139. The van der Waals surface area contributed by atoms with E-state index < -0.39 is 0 Å². The molecular weight excluding hydrogens is 324 g/mol. The fraction of sp³-hybridized carbons (Fsp3) is 0.190. The maximum Gasteiger partial charge on any atom is 0.272 e. The molecule has 5 heteroatoms. The van der Waals surface area contributed by atoms with Crippen LogP contribution in [0.4, 0.5) is 11.5 Å². The topological polar surface area (TPSA) is 58.1 Å². The summed E-state index contributed by atoms with van der Waals surface area (Å²) < 4.78 is 0. The molecule has 0 radical (unpaired) electrons. The Hall–Kier alpha value is -3.21. The maximum atomic E-state index is 12.7. The maximum absolute atomic E-state index is 12.7. The molecular formula is C21H22N4O. The molecule has 0 saturated heterocycles. The summed E-state index contributed by atoms with van der Waals surface area (Å²) in [6.45, 7) is 4.60. The van der Waals surface area contributed by atoms with Gasteiger partial charge in [-0.15, -0.1) is 0 Å². The molecule has 0 aliphatic carbocycles. The van der Waals surface area contributed by atoms with Crippen LogP contribution < -0.4 is 5.32 Å². The molecule has 1 amide bonds. The predicted octanol–water partition coefficient (Wildman–Crippen LogP) is 4.11. The Bertz CT molecular complexity index is 909. The van der Waals surface area contributed by atoms with Crippen LogP contribution >= 0.6 is 0 Å². The van der Waals surface area contributed by atoms with Crippen molar-refractivity contribution < 1.29 is 4.79 Å². The SMILES string of the molecule is Cc1ccc(C)c(Nc2cc(C(=O)N(C)Cc3ccccc3)ncn2)c1. The van der Waals surface area contributed by atoms with Crippen molar-refractivity contribution in [2.75, 3.05) is 12.4 Å². The average molecular weight is 346 g/mol. The van der Waals surface area contributed by atoms with E-state index >= 15 is 0 Å². The largest absolute Gasteiger partial charge is 0.340 e. The zero-order valence-electron chi connectivity index (χ0n) is 15.2. The zero-order chi connectivity index (χ0) is 18.5. The number of carbonyl (C=O) groups excluding carboxylic acids is 1. The van der Waals surface area contributed by atoms with Crippen LogP contribution in [-0.4, -0.2) is 27.8 Å². The van der Waals surface area contributed by atoms with E-state index in [1.54, 1.807) is 18.0 Å². The van der Waals surface area contributed by atoms with Crippen molar-refractivity contribution >= 4 is 17.4 Å². The van der Waals surface area contributed by atoms with Gasteiger partial charge in [0.05, 0.1) is 0 Å². The van der Waals surface area contributed by atoms with Gasteiger partial charge in [-0.3, -0.25) is 4.79 Å². The van der Waals surface area contributed by atoms with Gasteiger partial charge >= 0.3 is 0 Å². The Labute approximate surface area is 153 Å². The molecule has 0 saturated carbocycles. The number of anilines is 2. The molecule has 0 unspecified atom stereocenters. The summed E-state index contributed by atoms with van der Waals surface area (Å²) >= 11 is 0. The first-order valence-corrected chi connectivity index (χ1v) is 8.48. The molecule has 1 N–H and O–H groups in total. The summed E-state index contributed by atoms with van der Waals surface area (Å²) in [4.78, 5) is 22.7. The van der Waals surface area contributed by atoms with Gasteiger partial charge in [-0.1, -0.05) is 42.5 Å². The van der Waals surface area contributed by atoms with Gasteiger partial charge in [-0.2, -0.15) is 0 Å². The molecule has 0 atom stereocenters. The quantitative estimate of drug-likeness (QED) is 0.755. The first-order chi connectivity index (χ1) is 12.5. The minimum atomic E-state index is -0.139. The number of hydrogen-bond donors (Lipinski definition) is 1. The van der Waals surface area contributed by atoms with Crippen molar-refractivity contribution in [3.63, 3.8) is 0 Å². The van der Waals surface area contributed by atoms with Gasteiger partial charge in [0.15, 0.2) is 0 Å². The highest BCUT2D eigenvalue weighted by atomic mass is 16.2. The van der Waals surface area contributed by atoms with E-state index in [4.69, 9.17) is 0 Å². The van der Waals surface area contributed by atoms with Crippen molar-refractivity contribution in [2.45, 2.75) is 20.4 Å². The second kappa shape index (κ2) is 7.78. The molecule has 3 aromatic rings. The monoisotopic (exact) mass is 346 g/mol.